The maximum absolute atomic E-state index is 12.0. The predicted molar refractivity (Wildman–Crippen MR) is 88.4 cm³/mol. The quantitative estimate of drug-likeness (QED) is 0.646. The summed E-state index contributed by atoms with van der Waals surface area (Å²) in [5, 5.41) is 4.05. The van der Waals surface area contributed by atoms with E-state index in [4.69, 9.17) is 14.2 Å². The number of carbonyl (C=O) groups excluding carboxylic acids is 1. The molecule has 1 N–H and O–H groups in total. The predicted octanol–water partition coefficient (Wildman–Crippen LogP) is 2.74. The van der Waals surface area contributed by atoms with Crippen molar-refractivity contribution in [3.63, 3.8) is 0 Å². The summed E-state index contributed by atoms with van der Waals surface area (Å²) in [6, 6.07) is 3.55. The van der Waals surface area contributed by atoms with Crippen LogP contribution >= 0.6 is 0 Å². The van der Waals surface area contributed by atoms with Crippen LogP contribution in [0.25, 0.3) is 0 Å². The summed E-state index contributed by atoms with van der Waals surface area (Å²) in [6.07, 6.45) is 6.93. The van der Waals surface area contributed by atoms with Gasteiger partial charge in [0.05, 0.1) is 27.5 Å². The topological polar surface area (TPSA) is 69.2 Å². The van der Waals surface area contributed by atoms with E-state index in [1.165, 1.54) is 6.42 Å². The summed E-state index contributed by atoms with van der Waals surface area (Å²) in [4.78, 5) is 12.0. The number of amides is 1. The number of nitrogens with zero attached hydrogens (tertiary/aromatic N) is 1. The maximum Gasteiger partial charge on any atom is 0.243 e. The summed E-state index contributed by atoms with van der Waals surface area (Å²) in [5.41, 5.74) is 3.38. The van der Waals surface area contributed by atoms with Crippen molar-refractivity contribution < 1.29 is 19.0 Å². The van der Waals surface area contributed by atoms with Crippen LogP contribution in [0.5, 0.6) is 17.2 Å². The van der Waals surface area contributed by atoms with E-state index in [0.717, 1.165) is 31.2 Å². The molecule has 0 spiro atoms. The lowest BCUT2D eigenvalue weighted by molar-refractivity contribution is -0.125. The molecule has 1 aromatic rings. The standard InChI is InChI=1S/C17H24N2O4/c1-21-14-9-12(10-15(22-2)16(14)23-3)11-18-19-17(20)13-7-5-4-6-8-13/h9-11,13H,4-8H2,1-3H3,(H,19,20)/b18-11+. The van der Waals surface area contributed by atoms with Crippen LogP contribution in [0.2, 0.25) is 0 Å². The molecule has 126 valence electrons. The third-order valence-electron chi connectivity index (χ3n) is 4.05. The molecular formula is C17H24N2O4. The van der Waals surface area contributed by atoms with Crippen molar-refractivity contribution >= 4 is 12.1 Å². The van der Waals surface area contributed by atoms with Crippen LogP contribution in [0.15, 0.2) is 17.2 Å². The van der Waals surface area contributed by atoms with Gasteiger partial charge < -0.3 is 14.2 Å². The monoisotopic (exact) mass is 320 g/mol. The van der Waals surface area contributed by atoms with Gasteiger partial charge in [0.25, 0.3) is 0 Å². The number of methoxy groups -OCH3 is 3. The van der Waals surface area contributed by atoms with Gasteiger partial charge in [-0.3, -0.25) is 4.79 Å². The van der Waals surface area contributed by atoms with Crippen LogP contribution in [0, 0.1) is 5.92 Å². The molecule has 1 saturated carbocycles. The molecule has 23 heavy (non-hydrogen) atoms. The van der Waals surface area contributed by atoms with Crippen molar-refractivity contribution in [2.45, 2.75) is 32.1 Å². The van der Waals surface area contributed by atoms with Gasteiger partial charge >= 0.3 is 0 Å². The minimum Gasteiger partial charge on any atom is -0.493 e. The summed E-state index contributed by atoms with van der Waals surface area (Å²) < 4.78 is 15.8. The molecule has 0 radical (unpaired) electrons. The summed E-state index contributed by atoms with van der Waals surface area (Å²) >= 11 is 0. The van der Waals surface area contributed by atoms with Gasteiger partial charge in [0.15, 0.2) is 11.5 Å². The lowest BCUT2D eigenvalue weighted by Gasteiger charge is -2.19. The van der Waals surface area contributed by atoms with Gasteiger partial charge in [-0.25, -0.2) is 5.43 Å². The van der Waals surface area contributed by atoms with Crippen LogP contribution in [-0.2, 0) is 4.79 Å². The first kappa shape index (κ1) is 17.1. The summed E-state index contributed by atoms with van der Waals surface area (Å²) in [6.45, 7) is 0. The highest BCUT2D eigenvalue weighted by molar-refractivity contribution is 5.85. The zero-order chi connectivity index (χ0) is 16.7. The lowest BCUT2D eigenvalue weighted by Crippen LogP contribution is -2.28. The Kier molecular flexibility index (Phi) is 6.26. The molecule has 6 heteroatoms. The number of benzene rings is 1. The van der Waals surface area contributed by atoms with Crippen molar-refractivity contribution in [3.05, 3.63) is 17.7 Å². The molecule has 0 unspecified atom stereocenters. The number of hydrogen-bond donors (Lipinski definition) is 1. The van der Waals surface area contributed by atoms with Crippen molar-refractivity contribution in [2.24, 2.45) is 11.0 Å². The third-order valence-corrected chi connectivity index (χ3v) is 4.05. The van der Waals surface area contributed by atoms with E-state index in [2.05, 4.69) is 10.5 Å². The van der Waals surface area contributed by atoms with Crippen LogP contribution in [0.4, 0.5) is 0 Å². The smallest absolute Gasteiger partial charge is 0.243 e. The molecule has 0 heterocycles. The van der Waals surface area contributed by atoms with Gasteiger partial charge in [0.2, 0.25) is 11.7 Å². The van der Waals surface area contributed by atoms with Gasteiger partial charge in [-0.05, 0) is 25.0 Å². The molecular weight excluding hydrogens is 296 g/mol. The van der Waals surface area contributed by atoms with E-state index >= 15 is 0 Å². The first-order chi connectivity index (χ1) is 11.2. The highest BCUT2D eigenvalue weighted by Crippen LogP contribution is 2.37. The Morgan fingerprint density at radius 2 is 1.70 bits per heavy atom. The molecule has 0 aliphatic heterocycles. The van der Waals surface area contributed by atoms with E-state index in [-0.39, 0.29) is 11.8 Å². The van der Waals surface area contributed by atoms with Crippen LogP contribution in [-0.4, -0.2) is 33.5 Å². The zero-order valence-electron chi connectivity index (χ0n) is 13.9. The Labute approximate surface area is 136 Å². The highest BCUT2D eigenvalue weighted by Gasteiger charge is 2.20. The van der Waals surface area contributed by atoms with Gasteiger partial charge in [0.1, 0.15) is 0 Å². The van der Waals surface area contributed by atoms with Crippen LogP contribution in [0.1, 0.15) is 37.7 Å². The second kappa shape index (κ2) is 8.41. The van der Waals surface area contributed by atoms with E-state index in [0.29, 0.717) is 17.2 Å². The number of rotatable bonds is 6. The Bertz CT molecular complexity index is 541. The average molecular weight is 320 g/mol. The van der Waals surface area contributed by atoms with E-state index in [9.17, 15) is 4.79 Å². The van der Waals surface area contributed by atoms with Crippen LogP contribution < -0.4 is 19.6 Å². The largest absolute Gasteiger partial charge is 0.493 e. The average Bonchev–Trinajstić information content (AvgIpc) is 2.61. The van der Waals surface area contributed by atoms with Crippen molar-refractivity contribution in [2.75, 3.05) is 21.3 Å². The molecule has 1 amide bonds. The molecule has 0 atom stereocenters. The van der Waals surface area contributed by atoms with Gasteiger partial charge in [-0.15, -0.1) is 0 Å². The fourth-order valence-electron chi connectivity index (χ4n) is 2.80. The minimum absolute atomic E-state index is 0.00612. The fraction of sp³-hybridized carbons (Fsp3) is 0.529. The number of nitrogens with one attached hydrogen (secondary N) is 1. The van der Waals surface area contributed by atoms with E-state index in [1.807, 2.05) is 0 Å². The molecule has 1 fully saturated rings. The number of hydrogen-bond acceptors (Lipinski definition) is 5. The van der Waals surface area contributed by atoms with E-state index in [1.54, 1.807) is 39.7 Å². The number of hydrazone groups is 1. The van der Waals surface area contributed by atoms with Crippen molar-refractivity contribution in [1.82, 2.24) is 5.43 Å². The lowest BCUT2D eigenvalue weighted by atomic mass is 9.89. The molecule has 2 rings (SSSR count). The van der Waals surface area contributed by atoms with Gasteiger partial charge in [-0.1, -0.05) is 19.3 Å². The molecule has 0 aromatic heterocycles. The second-order valence-corrected chi connectivity index (χ2v) is 5.53. The van der Waals surface area contributed by atoms with Gasteiger partial charge in [0, 0.05) is 11.5 Å². The van der Waals surface area contributed by atoms with Crippen molar-refractivity contribution in [1.29, 1.82) is 0 Å². The minimum atomic E-state index is -0.00612. The highest BCUT2D eigenvalue weighted by atomic mass is 16.5. The molecule has 1 aliphatic carbocycles. The van der Waals surface area contributed by atoms with Gasteiger partial charge in [-0.2, -0.15) is 5.10 Å². The fourth-order valence-corrected chi connectivity index (χ4v) is 2.80. The number of ether oxygens (including phenoxy) is 3. The first-order valence-corrected chi connectivity index (χ1v) is 7.82. The van der Waals surface area contributed by atoms with Crippen molar-refractivity contribution in [3.8, 4) is 17.2 Å². The zero-order valence-corrected chi connectivity index (χ0v) is 13.9. The summed E-state index contributed by atoms with van der Waals surface area (Å²) in [5.74, 6) is 1.70. The Hall–Kier alpha value is -2.24. The van der Waals surface area contributed by atoms with Crippen LogP contribution in [0.3, 0.4) is 0 Å². The third kappa shape index (κ3) is 4.37. The number of carbonyl (C=O) groups is 1. The summed E-state index contributed by atoms with van der Waals surface area (Å²) in [7, 11) is 4.67. The maximum atomic E-state index is 12.0. The molecule has 0 bridgehead atoms. The molecule has 0 saturated heterocycles. The molecule has 1 aliphatic rings. The second-order valence-electron chi connectivity index (χ2n) is 5.53. The Morgan fingerprint density at radius 1 is 1.09 bits per heavy atom. The first-order valence-electron chi connectivity index (χ1n) is 7.82. The van der Waals surface area contributed by atoms with E-state index < -0.39 is 0 Å². The SMILES string of the molecule is COc1cc(/C=N/NC(=O)C2CCCCC2)cc(OC)c1OC. The normalized spacial score (nSPS) is 15.4. The Balaban J connectivity index is 2.05. The molecule has 1 aromatic carbocycles. The molecule has 6 nitrogen and oxygen atoms in total. The Morgan fingerprint density at radius 3 is 2.22 bits per heavy atom.